The highest BCUT2D eigenvalue weighted by atomic mass is 16.7. The Morgan fingerprint density at radius 3 is 2.18 bits per heavy atom. The number of hydrogen-bond acceptors (Lipinski definition) is 8. The Morgan fingerprint density at radius 2 is 1.46 bits per heavy atom. The highest BCUT2D eigenvalue weighted by Gasteiger charge is 2.64. The molecule has 144 valence electrons. The zero-order valence-electron chi connectivity index (χ0n) is 14.6. The van der Waals surface area contributed by atoms with Gasteiger partial charge in [0.1, 0.15) is 11.5 Å². The molecule has 0 spiro atoms. The van der Waals surface area contributed by atoms with E-state index in [9.17, 15) is 9.90 Å². The van der Waals surface area contributed by atoms with Crippen LogP contribution in [0.15, 0.2) is 36.4 Å². The molecule has 1 N–H and O–H groups in total. The summed E-state index contributed by atoms with van der Waals surface area (Å²) in [7, 11) is 0. The second-order valence-electron chi connectivity index (χ2n) is 7.24. The van der Waals surface area contributed by atoms with Gasteiger partial charge in [0, 0.05) is 0 Å². The molecule has 0 amide bonds. The van der Waals surface area contributed by atoms with E-state index in [1.165, 1.54) is 0 Å². The maximum atomic E-state index is 12.7. The maximum Gasteiger partial charge on any atom is 0.315 e. The van der Waals surface area contributed by atoms with E-state index in [-0.39, 0.29) is 20.2 Å². The molecule has 0 radical (unpaired) electrons. The van der Waals surface area contributed by atoms with E-state index in [1.54, 1.807) is 30.3 Å². The number of esters is 1. The van der Waals surface area contributed by atoms with Crippen molar-refractivity contribution < 1.29 is 38.3 Å². The van der Waals surface area contributed by atoms with Gasteiger partial charge in [-0.05, 0) is 35.4 Å². The normalized spacial score (nSPS) is 31.8. The lowest BCUT2D eigenvalue weighted by atomic mass is 9.80. The van der Waals surface area contributed by atoms with E-state index in [1.807, 2.05) is 6.07 Å². The molecule has 0 aliphatic carbocycles. The molecular formula is C20H16O8. The van der Waals surface area contributed by atoms with E-state index < -0.39 is 29.7 Å². The number of ether oxygens (including phenoxy) is 6. The average molecular weight is 384 g/mol. The lowest BCUT2D eigenvalue weighted by Gasteiger charge is -2.25. The summed E-state index contributed by atoms with van der Waals surface area (Å²) in [5.74, 6) is 1.08. The van der Waals surface area contributed by atoms with Gasteiger partial charge in [0.05, 0.1) is 12.7 Å². The Balaban J connectivity index is 1.35. The van der Waals surface area contributed by atoms with Gasteiger partial charge in [0.25, 0.3) is 0 Å². The lowest BCUT2D eigenvalue weighted by Crippen LogP contribution is -2.39. The van der Waals surface area contributed by atoms with Crippen LogP contribution in [-0.2, 0) is 14.3 Å². The van der Waals surface area contributed by atoms with Gasteiger partial charge < -0.3 is 33.5 Å². The van der Waals surface area contributed by atoms with Crippen LogP contribution in [0.5, 0.6) is 23.0 Å². The summed E-state index contributed by atoms with van der Waals surface area (Å²) >= 11 is 0. The molecule has 8 nitrogen and oxygen atoms in total. The molecule has 8 heteroatoms. The molecule has 28 heavy (non-hydrogen) atoms. The summed E-state index contributed by atoms with van der Waals surface area (Å²) in [5.41, 5.74) is -0.114. The first-order valence-corrected chi connectivity index (χ1v) is 8.97. The van der Waals surface area contributed by atoms with Crippen LogP contribution in [0.2, 0.25) is 0 Å². The highest BCUT2D eigenvalue weighted by Crippen LogP contribution is 2.55. The molecule has 0 bridgehead atoms. The lowest BCUT2D eigenvalue weighted by molar-refractivity contribution is -0.149. The largest absolute Gasteiger partial charge is 0.454 e. The van der Waals surface area contributed by atoms with E-state index in [0.29, 0.717) is 28.6 Å². The van der Waals surface area contributed by atoms with E-state index >= 15 is 0 Å². The van der Waals surface area contributed by atoms with Crippen LogP contribution in [0.25, 0.3) is 0 Å². The third-order valence-corrected chi connectivity index (χ3v) is 5.70. The average Bonchev–Trinajstić information content (AvgIpc) is 3.45. The van der Waals surface area contributed by atoms with Crippen molar-refractivity contribution in [3.63, 3.8) is 0 Å². The van der Waals surface area contributed by atoms with Crippen LogP contribution in [-0.4, -0.2) is 36.9 Å². The molecule has 2 saturated heterocycles. The van der Waals surface area contributed by atoms with Gasteiger partial charge in [0.15, 0.2) is 29.1 Å². The zero-order valence-corrected chi connectivity index (χ0v) is 14.6. The Bertz CT molecular complexity index is 988. The van der Waals surface area contributed by atoms with E-state index in [2.05, 4.69) is 0 Å². The van der Waals surface area contributed by atoms with Gasteiger partial charge in [-0.1, -0.05) is 12.1 Å². The third-order valence-electron chi connectivity index (χ3n) is 5.70. The number of hydrogen-bond donors (Lipinski definition) is 1. The minimum atomic E-state index is -1.48. The van der Waals surface area contributed by atoms with Crippen LogP contribution in [0, 0.1) is 5.92 Å². The Labute approximate surface area is 159 Å². The smallest absolute Gasteiger partial charge is 0.315 e. The standard InChI is InChI=1S/C20H16O8/c21-19-16-17(10-1-3-12-14(5-10)26-8-24-12)23-7-20(16,22)18(28-19)11-2-4-13-15(6-11)27-9-25-13/h1-6,16-18,22H,7-9H2/t16-,17+,18+,20+/m1/s1. The Hall–Kier alpha value is -2.97. The molecule has 4 atom stereocenters. The Morgan fingerprint density at radius 1 is 0.857 bits per heavy atom. The van der Waals surface area contributed by atoms with E-state index in [0.717, 1.165) is 5.56 Å². The zero-order chi connectivity index (χ0) is 18.9. The quantitative estimate of drug-likeness (QED) is 0.785. The first-order valence-electron chi connectivity index (χ1n) is 8.97. The van der Waals surface area contributed by atoms with Crippen LogP contribution in [0.4, 0.5) is 0 Å². The molecule has 0 aromatic heterocycles. The first-order chi connectivity index (χ1) is 13.6. The van der Waals surface area contributed by atoms with Crippen molar-refractivity contribution in [1.82, 2.24) is 0 Å². The number of fused-ring (bicyclic) bond motifs is 3. The number of cyclic esters (lactones) is 1. The summed E-state index contributed by atoms with van der Waals surface area (Å²) in [5, 5.41) is 11.4. The molecule has 6 rings (SSSR count). The van der Waals surface area contributed by atoms with Gasteiger partial charge in [-0.3, -0.25) is 4.79 Å². The maximum absolute atomic E-state index is 12.7. The predicted octanol–water partition coefficient (Wildman–Crippen LogP) is 1.86. The highest BCUT2D eigenvalue weighted by molar-refractivity contribution is 5.79. The number of benzene rings is 2. The van der Waals surface area contributed by atoms with Gasteiger partial charge >= 0.3 is 5.97 Å². The molecule has 2 fully saturated rings. The number of carbonyl (C=O) groups excluding carboxylic acids is 1. The third kappa shape index (κ3) is 2.10. The fourth-order valence-electron chi connectivity index (χ4n) is 4.34. The summed E-state index contributed by atoms with van der Waals surface area (Å²) in [6, 6.07) is 10.6. The van der Waals surface area contributed by atoms with Crippen molar-refractivity contribution in [2.45, 2.75) is 17.8 Å². The molecule has 4 heterocycles. The topological polar surface area (TPSA) is 92.7 Å². The fourth-order valence-corrected chi connectivity index (χ4v) is 4.34. The SMILES string of the molecule is O=C1O[C@@H](c2ccc3c(c2)OCO3)[C@]2(O)CO[C@@H](c3ccc4c(c3)OCO4)[C@H]12. The minimum absolute atomic E-state index is 0.0262. The van der Waals surface area contributed by atoms with Gasteiger partial charge in [-0.25, -0.2) is 0 Å². The fraction of sp³-hybridized carbons (Fsp3) is 0.350. The summed E-state index contributed by atoms with van der Waals surface area (Å²) in [6.45, 7) is 0.277. The molecule has 4 aliphatic rings. The van der Waals surface area contributed by atoms with E-state index in [4.69, 9.17) is 28.4 Å². The summed E-state index contributed by atoms with van der Waals surface area (Å²) in [4.78, 5) is 12.7. The summed E-state index contributed by atoms with van der Waals surface area (Å²) in [6.07, 6.45) is -1.48. The van der Waals surface area contributed by atoms with Crippen molar-refractivity contribution in [2.75, 3.05) is 20.2 Å². The molecule has 2 aromatic rings. The Kier molecular flexibility index (Phi) is 3.16. The molecular weight excluding hydrogens is 368 g/mol. The molecule has 4 aliphatic heterocycles. The van der Waals surface area contributed by atoms with Crippen LogP contribution < -0.4 is 18.9 Å². The second-order valence-corrected chi connectivity index (χ2v) is 7.24. The summed E-state index contributed by atoms with van der Waals surface area (Å²) < 4.78 is 32.9. The van der Waals surface area contributed by atoms with Crippen molar-refractivity contribution in [2.24, 2.45) is 5.92 Å². The van der Waals surface area contributed by atoms with Gasteiger partial charge in [-0.15, -0.1) is 0 Å². The molecule has 0 unspecified atom stereocenters. The van der Waals surface area contributed by atoms with Crippen LogP contribution in [0.1, 0.15) is 23.3 Å². The van der Waals surface area contributed by atoms with Crippen LogP contribution >= 0.6 is 0 Å². The van der Waals surface area contributed by atoms with Crippen molar-refractivity contribution in [3.05, 3.63) is 47.5 Å². The second kappa shape index (κ2) is 5.52. The van der Waals surface area contributed by atoms with Gasteiger partial charge in [0.2, 0.25) is 13.6 Å². The predicted molar refractivity (Wildman–Crippen MR) is 91.1 cm³/mol. The number of rotatable bonds is 2. The van der Waals surface area contributed by atoms with Crippen LogP contribution in [0.3, 0.4) is 0 Å². The van der Waals surface area contributed by atoms with Crippen molar-refractivity contribution >= 4 is 5.97 Å². The first kappa shape index (κ1) is 16.0. The molecule has 0 saturated carbocycles. The monoisotopic (exact) mass is 384 g/mol. The number of carbonyl (C=O) groups is 1. The van der Waals surface area contributed by atoms with Crippen molar-refractivity contribution in [1.29, 1.82) is 0 Å². The minimum Gasteiger partial charge on any atom is -0.454 e. The van der Waals surface area contributed by atoms with Crippen molar-refractivity contribution in [3.8, 4) is 23.0 Å². The van der Waals surface area contributed by atoms with Gasteiger partial charge in [-0.2, -0.15) is 0 Å². The molecule has 2 aromatic carbocycles. The number of aliphatic hydroxyl groups is 1.